The van der Waals surface area contributed by atoms with Crippen molar-refractivity contribution in [1.82, 2.24) is 10.6 Å². The highest BCUT2D eigenvalue weighted by Crippen LogP contribution is 2.26. The predicted octanol–water partition coefficient (Wildman–Crippen LogP) is 1.68. The van der Waals surface area contributed by atoms with Gasteiger partial charge in [-0.25, -0.2) is 0 Å². The SMILES string of the molecule is CNC(=O)CCCNCCC1CCCC1. The van der Waals surface area contributed by atoms with E-state index in [4.69, 9.17) is 0 Å². The average Bonchev–Trinajstić information content (AvgIpc) is 2.75. The second kappa shape index (κ2) is 7.69. The van der Waals surface area contributed by atoms with E-state index in [0.29, 0.717) is 6.42 Å². The molecular weight excluding hydrogens is 188 g/mol. The molecule has 2 N–H and O–H groups in total. The van der Waals surface area contributed by atoms with Gasteiger partial charge in [-0.15, -0.1) is 0 Å². The molecule has 1 fully saturated rings. The van der Waals surface area contributed by atoms with E-state index in [-0.39, 0.29) is 5.91 Å². The highest BCUT2D eigenvalue weighted by molar-refractivity contribution is 5.75. The van der Waals surface area contributed by atoms with Gasteiger partial charge in [0.25, 0.3) is 0 Å². The summed E-state index contributed by atoms with van der Waals surface area (Å²) in [6, 6.07) is 0. The number of rotatable bonds is 7. The van der Waals surface area contributed by atoms with E-state index >= 15 is 0 Å². The number of carbonyl (C=O) groups is 1. The van der Waals surface area contributed by atoms with Crippen LogP contribution in [0.1, 0.15) is 44.9 Å². The zero-order valence-electron chi connectivity index (χ0n) is 9.85. The number of hydrogen-bond donors (Lipinski definition) is 2. The van der Waals surface area contributed by atoms with Gasteiger partial charge in [-0.05, 0) is 31.8 Å². The molecule has 0 radical (unpaired) electrons. The Morgan fingerprint density at radius 1 is 1.27 bits per heavy atom. The molecule has 1 amide bonds. The molecule has 0 spiro atoms. The van der Waals surface area contributed by atoms with Crippen molar-refractivity contribution >= 4 is 5.91 Å². The van der Waals surface area contributed by atoms with E-state index in [9.17, 15) is 4.79 Å². The van der Waals surface area contributed by atoms with Crippen LogP contribution in [0.2, 0.25) is 0 Å². The summed E-state index contributed by atoms with van der Waals surface area (Å²) in [4.78, 5) is 10.9. The molecule has 1 saturated carbocycles. The fourth-order valence-electron chi connectivity index (χ4n) is 2.23. The van der Waals surface area contributed by atoms with Crippen molar-refractivity contribution in [1.29, 1.82) is 0 Å². The van der Waals surface area contributed by atoms with Crippen molar-refractivity contribution in [3.63, 3.8) is 0 Å². The van der Waals surface area contributed by atoms with Gasteiger partial charge in [0.1, 0.15) is 0 Å². The van der Waals surface area contributed by atoms with Crippen molar-refractivity contribution in [2.24, 2.45) is 5.92 Å². The van der Waals surface area contributed by atoms with Gasteiger partial charge in [-0.1, -0.05) is 25.7 Å². The Bertz CT molecular complexity index is 176. The standard InChI is InChI=1S/C12H24N2O/c1-13-12(15)7-4-9-14-10-8-11-5-2-3-6-11/h11,14H,2-10H2,1H3,(H,13,15). The molecule has 0 bridgehead atoms. The number of amides is 1. The summed E-state index contributed by atoms with van der Waals surface area (Å²) in [7, 11) is 1.69. The lowest BCUT2D eigenvalue weighted by Gasteiger charge is -2.09. The predicted molar refractivity (Wildman–Crippen MR) is 62.7 cm³/mol. The number of carbonyl (C=O) groups excluding carboxylic acids is 1. The van der Waals surface area contributed by atoms with Crippen LogP contribution < -0.4 is 10.6 Å². The first-order valence-corrected chi connectivity index (χ1v) is 6.24. The van der Waals surface area contributed by atoms with Gasteiger partial charge >= 0.3 is 0 Å². The third-order valence-corrected chi connectivity index (χ3v) is 3.24. The van der Waals surface area contributed by atoms with Crippen LogP contribution in [0.3, 0.4) is 0 Å². The Morgan fingerprint density at radius 2 is 2.00 bits per heavy atom. The summed E-state index contributed by atoms with van der Waals surface area (Å²) in [5.41, 5.74) is 0. The summed E-state index contributed by atoms with van der Waals surface area (Å²) in [5.74, 6) is 1.11. The average molecular weight is 212 g/mol. The molecule has 0 saturated heterocycles. The van der Waals surface area contributed by atoms with Gasteiger partial charge in [0.2, 0.25) is 5.91 Å². The lowest BCUT2D eigenvalue weighted by molar-refractivity contribution is -0.120. The van der Waals surface area contributed by atoms with Crippen molar-refractivity contribution in [3.05, 3.63) is 0 Å². The lowest BCUT2D eigenvalue weighted by Crippen LogP contribution is -2.22. The monoisotopic (exact) mass is 212 g/mol. The summed E-state index contributed by atoms with van der Waals surface area (Å²) >= 11 is 0. The van der Waals surface area contributed by atoms with Gasteiger partial charge in [0, 0.05) is 13.5 Å². The maximum Gasteiger partial charge on any atom is 0.219 e. The first-order valence-electron chi connectivity index (χ1n) is 6.24. The maximum atomic E-state index is 10.9. The molecule has 1 aliphatic carbocycles. The Balaban J connectivity index is 1.82. The van der Waals surface area contributed by atoms with Crippen LogP contribution in [0.25, 0.3) is 0 Å². The van der Waals surface area contributed by atoms with Crippen LogP contribution >= 0.6 is 0 Å². The smallest absolute Gasteiger partial charge is 0.219 e. The van der Waals surface area contributed by atoms with Gasteiger partial charge in [0.15, 0.2) is 0 Å². The molecule has 88 valence electrons. The normalized spacial score (nSPS) is 16.9. The molecule has 3 nitrogen and oxygen atoms in total. The fourth-order valence-corrected chi connectivity index (χ4v) is 2.23. The van der Waals surface area contributed by atoms with Crippen molar-refractivity contribution < 1.29 is 4.79 Å². The molecular formula is C12H24N2O. The minimum Gasteiger partial charge on any atom is -0.359 e. The van der Waals surface area contributed by atoms with Crippen molar-refractivity contribution in [2.45, 2.75) is 44.9 Å². The van der Waals surface area contributed by atoms with Crippen LogP contribution in [0.5, 0.6) is 0 Å². The molecule has 0 unspecified atom stereocenters. The van der Waals surface area contributed by atoms with Gasteiger partial charge < -0.3 is 10.6 Å². The maximum absolute atomic E-state index is 10.9. The van der Waals surface area contributed by atoms with E-state index < -0.39 is 0 Å². The van der Waals surface area contributed by atoms with E-state index in [2.05, 4.69) is 10.6 Å². The Hall–Kier alpha value is -0.570. The molecule has 0 aromatic rings. The molecule has 0 aromatic carbocycles. The molecule has 3 heteroatoms. The van der Waals surface area contributed by atoms with Crippen LogP contribution in [0.4, 0.5) is 0 Å². The second-order valence-corrected chi connectivity index (χ2v) is 4.47. The van der Waals surface area contributed by atoms with E-state index in [1.165, 1.54) is 32.1 Å². The zero-order chi connectivity index (χ0) is 10.9. The van der Waals surface area contributed by atoms with E-state index in [0.717, 1.165) is 25.4 Å². The third kappa shape index (κ3) is 5.78. The molecule has 1 rings (SSSR count). The molecule has 0 atom stereocenters. The Morgan fingerprint density at radius 3 is 2.67 bits per heavy atom. The first-order chi connectivity index (χ1) is 7.33. The van der Waals surface area contributed by atoms with Crippen LogP contribution in [-0.2, 0) is 4.79 Å². The van der Waals surface area contributed by atoms with E-state index in [1.807, 2.05) is 0 Å². The molecule has 1 aliphatic rings. The Labute approximate surface area is 93.0 Å². The summed E-state index contributed by atoms with van der Waals surface area (Å²) < 4.78 is 0. The third-order valence-electron chi connectivity index (χ3n) is 3.24. The summed E-state index contributed by atoms with van der Waals surface area (Å²) in [5, 5.41) is 6.05. The number of hydrogen-bond acceptors (Lipinski definition) is 2. The highest BCUT2D eigenvalue weighted by atomic mass is 16.1. The van der Waals surface area contributed by atoms with E-state index in [1.54, 1.807) is 7.05 Å². The van der Waals surface area contributed by atoms with Gasteiger partial charge in [-0.3, -0.25) is 4.79 Å². The van der Waals surface area contributed by atoms with Gasteiger partial charge in [0.05, 0.1) is 0 Å². The van der Waals surface area contributed by atoms with Crippen LogP contribution in [0.15, 0.2) is 0 Å². The van der Waals surface area contributed by atoms with Crippen LogP contribution in [-0.4, -0.2) is 26.0 Å². The summed E-state index contributed by atoms with van der Waals surface area (Å²) in [6.45, 7) is 2.10. The zero-order valence-corrected chi connectivity index (χ0v) is 9.85. The highest BCUT2D eigenvalue weighted by Gasteiger charge is 2.13. The largest absolute Gasteiger partial charge is 0.359 e. The van der Waals surface area contributed by atoms with Crippen LogP contribution in [0, 0.1) is 5.92 Å². The minimum atomic E-state index is 0.146. The molecule has 0 heterocycles. The number of nitrogens with one attached hydrogen (secondary N) is 2. The molecule has 15 heavy (non-hydrogen) atoms. The van der Waals surface area contributed by atoms with Gasteiger partial charge in [-0.2, -0.15) is 0 Å². The topological polar surface area (TPSA) is 41.1 Å². The molecule has 0 aromatic heterocycles. The fraction of sp³-hybridized carbons (Fsp3) is 0.917. The molecule has 0 aliphatic heterocycles. The first kappa shape index (κ1) is 12.5. The second-order valence-electron chi connectivity index (χ2n) is 4.47. The van der Waals surface area contributed by atoms with Crippen molar-refractivity contribution in [2.75, 3.05) is 20.1 Å². The van der Waals surface area contributed by atoms with Crippen molar-refractivity contribution in [3.8, 4) is 0 Å². The minimum absolute atomic E-state index is 0.146. The summed E-state index contributed by atoms with van der Waals surface area (Å²) in [6.07, 6.45) is 8.64. The Kier molecular flexibility index (Phi) is 6.41. The lowest BCUT2D eigenvalue weighted by atomic mass is 10.0. The quantitative estimate of drug-likeness (QED) is 0.630.